The molecule has 44 heavy (non-hydrogen) atoms. The van der Waals surface area contributed by atoms with E-state index in [4.69, 9.17) is 9.72 Å². The number of benzene rings is 3. The molecule has 4 aromatic rings. The molecule has 0 saturated heterocycles. The number of esters is 1. The third-order valence-electron chi connectivity index (χ3n) is 7.49. The number of carbonyl (C=O) groups is 2. The minimum absolute atomic E-state index is 0.0156. The molecule has 0 saturated carbocycles. The number of carbonyl (C=O) groups excluding carboxylic acids is 2. The van der Waals surface area contributed by atoms with Crippen molar-refractivity contribution in [1.29, 1.82) is 0 Å². The van der Waals surface area contributed by atoms with E-state index in [0.29, 0.717) is 18.7 Å². The van der Waals surface area contributed by atoms with Crippen LogP contribution in [0.2, 0.25) is 0 Å². The molecule has 0 unspecified atom stereocenters. The molecular weight excluding hydrogens is 578 g/mol. The third kappa shape index (κ3) is 8.75. The Morgan fingerprint density at radius 2 is 1.59 bits per heavy atom. The minimum atomic E-state index is -3.78. The summed E-state index contributed by atoms with van der Waals surface area (Å²) >= 11 is 0. The number of imidazole rings is 1. The number of nitrogens with zero attached hydrogens (tertiary/aromatic N) is 1. The Balaban J connectivity index is 1.51. The molecule has 4 rings (SSSR count). The Kier molecular flexibility index (Phi) is 11.3. The fourth-order valence-corrected chi connectivity index (χ4v) is 6.01. The maximum atomic E-state index is 13.9. The van der Waals surface area contributed by atoms with Crippen molar-refractivity contribution in [3.63, 3.8) is 0 Å². The number of aryl methyl sites for hydroxylation is 2. The fourth-order valence-electron chi connectivity index (χ4n) is 4.96. The number of hydrogen-bond acceptors (Lipinski definition) is 7. The lowest BCUT2D eigenvalue weighted by Gasteiger charge is -2.27. The summed E-state index contributed by atoms with van der Waals surface area (Å²) < 4.78 is 33.2. The van der Waals surface area contributed by atoms with Crippen molar-refractivity contribution in [2.45, 2.75) is 63.1 Å². The standard InChI is InChI=1S/C33H41N5O5S/c1-22(2)30(31-36-26-12-8-9-13-27(26)37-31)38-32(39)28(19-16-24-10-6-5-7-11-24)35-29(33(40)43-4)20-21-34-44(41,42)25-17-14-23(3)15-18-25/h5-15,17-18,22,28-30,34-35H,16,19-21H2,1-4H3,(H,36,37)(H,38,39)/t28-,29+,30-/m0/s1. The van der Waals surface area contributed by atoms with Crippen molar-refractivity contribution in [3.05, 3.63) is 95.8 Å². The number of methoxy groups -OCH3 is 1. The van der Waals surface area contributed by atoms with Gasteiger partial charge in [0, 0.05) is 6.54 Å². The second-order valence-electron chi connectivity index (χ2n) is 11.2. The number of para-hydroxylation sites is 2. The molecule has 0 fully saturated rings. The SMILES string of the molecule is COC(=O)[C@@H](CCNS(=O)(=O)c1ccc(C)cc1)N[C@@H](CCc1ccccc1)C(=O)N[C@H](c1nc2ccccc2[nH]1)C(C)C. The van der Waals surface area contributed by atoms with Gasteiger partial charge in [-0.15, -0.1) is 0 Å². The molecule has 0 aliphatic heterocycles. The van der Waals surface area contributed by atoms with E-state index in [9.17, 15) is 18.0 Å². The quantitative estimate of drug-likeness (QED) is 0.146. The average Bonchev–Trinajstić information content (AvgIpc) is 3.45. The summed E-state index contributed by atoms with van der Waals surface area (Å²) in [6, 6.07) is 21.8. The number of aromatic amines is 1. The Morgan fingerprint density at radius 3 is 2.25 bits per heavy atom. The zero-order valence-electron chi connectivity index (χ0n) is 25.5. The third-order valence-corrected chi connectivity index (χ3v) is 8.97. The highest BCUT2D eigenvalue weighted by Gasteiger charge is 2.30. The monoisotopic (exact) mass is 619 g/mol. The largest absolute Gasteiger partial charge is 0.468 e. The van der Waals surface area contributed by atoms with Crippen molar-refractivity contribution in [2.75, 3.05) is 13.7 Å². The zero-order valence-corrected chi connectivity index (χ0v) is 26.4. The second-order valence-corrected chi connectivity index (χ2v) is 13.0. The molecule has 0 aliphatic carbocycles. The minimum Gasteiger partial charge on any atom is -0.468 e. The van der Waals surface area contributed by atoms with E-state index in [1.807, 2.05) is 75.4 Å². The first-order valence-corrected chi connectivity index (χ1v) is 16.2. The molecule has 4 N–H and O–H groups in total. The van der Waals surface area contributed by atoms with Crippen molar-refractivity contribution < 1.29 is 22.7 Å². The first-order chi connectivity index (χ1) is 21.1. The highest BCUT2D eigenvalue weighted by molar-refractivity contribution is 7.89. The number of aromatic nitrogens is 2. The highest BCUT2D eigenvalue weighted by atomic mass is 32.2. The van der Waals surface area contributed by atoms with Crippen molar-refractivity contribution in [1.82, 2.24) is 25.3 Å². The van der Waals surface area contributed by atoms with E-state index in [2.05, 4.69) is 20.3 Å². The summed E-state index contributed by atoms with van der Waals surface area (Å²) in [5.41, 5.74) is 3.67. The second kappa shape index (κ2) is 15.1. The predicted molar refractivity (Wildman–Crippen MR) is 170 cm³/mol. The van der Waals surface area contributed by atoms with E-state index >= 15 is 0 Å². The van der Waals surface area contributed by atoms with Crippen LogP contribution >= 0.6 is 0 Å². The summed E-state index contributed by atoms with van der Waals surface area (Å²) in [4.78, 5) is 34.9. The molecule has 3 atom stereocenters. The maximum Gasteiger partial charge on any atom is 0.322 e. The molecule has 0 spiro atoms. The van der Waals surface area contributed by atoms with Gasteiger partial charge in [-0.3, -0.25) is 14.9 Å². The Bertz CT molecular complexity index is 1610. The van der Waals surface area contributed by atoms with Crippen LogP contribution < -0.4 is 15.4 Å². The van der Waals surface area contributed by atoms with Gasteiger partial charge in [0.2, 0.25) is 15.9 Å². The van der Waals surface area contributed by atoms with E-state index in [0.717, 1.165) is 22.2 Å². The van der Waals surface area contributed by atoms with Gasteiger partial charge in [-0.1, -0.05) is 74.0 Å². The smallest absolute Gasteiger partial charge is 0.322 e. The number of H-pyrrole nitrogens is 1. The Hall–Kier alpha value is -4.06. The highest BCUT2D eigenvalue weighted by Crippen LogP contribution is 2.23. The molecule has 0 bridgehead atoms. The van der Waals surface area contributed by atoms with Crippen LogP contribution in [0.4, 0.5) is 0 Å². The van der Waals surface area contributed by atoms with Crippen LogP contribution in [0.25, 0.3) is 11.0 Å². The number of amides is 1. The van der Waals surface area contributed by atoms with Gasteiger partial charge in [-0.05, 0) is 61.9 Å². The predicted octanol–water partition coefficient (Wildman–Crippen LogP) is 4.19. The molecule has 11 heteroatoms. The van der Waals surface area contributed by atoms with Crippen LogP contribution in [0.3, 0.4) is 0 Å². The van der Waals surface area contributed by atoms with Crippen molar-refractivity contribution >= 4 is 32.9 Å². The van der Waals surface area contributed by atoms with Crippen LogP contribution in [0.1, 0.15) is 49.7 Å². The number of hydrogen-bond donors (Lipinski definition) is 4. The number of nitrogens with one attached hydrogen (secondary N) is 4. The lowest BCUT2D eigenvalue weighted by atomic mass is 10.00. The van der Waals surface area contributed by atoms with E-state index < -0.39 is 34.1 Å². The lowest BCUT2D eigenvalue weighted by Crippen LogP contribution is -2.53. The van der Waals surface area contributed by atoms with E-state index in [1.54, 1.807) is 12.1 Å². The van der Waals surface area contributed by atoms with Gasteiger partial charge in [0.1, 0.15) is 11.9 Å². The molecular formula is C33H41N5O5S. The maximum absolute atomic E-state index is 13.9. The fraction of sp³-hybridized carbons (Fsp3) is 0.364. The van der Waals surface area contributed by atoms with Crippen LogP contribution in [0.5, 0.6) is 0 Å². The van der Waals surface area contributed by atoms with Gasteiger partial charge in [-0.25, -0.2) is 18.1 Å². The van der Waals surface area contributed by atoms with Crippen LogP contribution in [0.15, 0.2) is 83.8 Å². The summed E-state index contributed by atoms with van der Waals surface area (Å²) in [7, 11) is -2.52. The lowest BCUT2D eigenvalue weighted by molar-refractivity contribution is -0.143. The zero-order chi connectivity index (χ0) is 31.7. The van der Waals surface area contributed by atoms with Gasteiger partial charge < -0.3 is 15.0 Å². The number of sulfonamides is 1. The van der Waals surface area contributed by atoms with Gasteiger partial charge in [0.05, 0.1) is 35.1 Å². The summed E-state index contributed by atoms with van der Waals surface area (Å²) in [6.45, 7) is 5.84. The van der Waals surface area contributed by atoms with E-state index in [-0.39, 0.29) is 29.7 Å². The Morgan fingerprint density at radius 1 is 0.909 bits per heavy atom. The molecule has 10 nitrogen and oxygen atoms in total. The summed E-state index contributed by atoms with van der Waals surface area (Å²) in [5, 5.41) is 6.32. The van der Waals surface area contributed by atoms with Gasteiger partial charge in [-0.2, -0.15) is 0 Å². The topological polar surface area (TPSA) is 142 Å². The van der Waals surface area contributed by atoms with Gasteiger partial charge in [0.15, 0.2) is 0 Å². The molecule has 3 aromatic carbocycles. The first-order valence-electron chi connectivity index (χ1n) is 14.8. The van der Waals surface area contributed by atoms with Crippen LogP contribution in [0, 0.1) is 12.8 Å². The molecule has 1 aromatic heterocycles. The van der Waals surface area contributed by atoms with Crippen LogP contribution in [-0.4, -0.2) is 56.0 Å². The Labute approximate surface area is 259 Å². The van der Waals surface area contributed by atoms with Gasteiger partial charge in [0.25, 0.3) is 0 Å². The van der Waals surface area contributed by atoms with Gasteiger partial charge >= 0.3 is 5.97 Å². The molecule has 0 radical (unpaired) electrons. The normalized spacial score (nSPS) is 13.8. The number of ether oxygens (including phenoxy) is 1. The molecule has 1 heterocycles. The number of fused-ring (bicyclic) bond motifs is 1. The van der Waals surface area contributed by atoms with Crippen molar-refractivity contribution in [3.8, 4) is 0 Å². The molecule has 234 valence electrons. The average molecular weight is 620 g/mol. The molecule has 1 amide bonds. The molecule has 0 aliphatic rings. The van der Waals surface area contributed by atoms with Crippen LogP contribution in [-0.2, 0) is 30.8 Å². The van der Waals surface area contributed by atoms with Crippen molar-refractivity contribution in [2.24, 2.45) is 5.92 Å². The summed E-state index contributed by atoms with van der Waals surface area (Å²) in [5.74, 6) is -0.225. The first kappa shape index (κ1) is 32.8. The number of rotatable bonds is 15. The van der Waals surface area contributed by atoms with E-state index in [1.165, 1.54) is 19.2 Å². The summed E-state index contributed by atoms with van der Waals surface area (Å²) in [6.07, 6.45) is 1.05.